The molecular weight excluding hydrogens is 216 g/mol. The molecule has 3 heteroatoms. The molecule has 1 heterocycles. The Morgan fingerprint density at radius 2 is 2.06 bits per heavy atom. The highest BCUT2D eigenvalue weighted by atomic mass is 32.2. The standard InChI is InChI=1S/C13H26N2S/c1-6-10(4)11(5)15-13-14-8-12(16-13)7-9(2)3/h9-12H,6-8H2,1-5H3,(H,14,15). The van der Waals surface area contributed by atoms with Gasteiger partial charge in [-0.2, -0.15) is 0 Å². The average Bonchev–Trinajstić information content (AvgIpc) is 2.63. The van der Waals surface area contributed by atoms with Gasteiger partial charge in [-0.3, -0.25) is 4.99 Å². The highest BCUT2D eigenvalue weighted by Gasteiger charge is 2.22. The zero-order chi connectivity index (χ0) is 12.1. The Morgan fingerprint density at radius 1 is 1.38 bits per heavy atom. The van der Waals surface area contributed by atoms with Crippen LogP contribution in [0.4, 0.5) is 0 Å². The summed E-state index contributed by atoms with van der Waals surface area (Å²) in [6, 6.07) is 0.536. The van der Waals surface area contributed by atoms with Gasteiger partial charge in [0.15, 0.2) is 5.17 Å². The molecule has 0 aromatic carbocycles. The van der Waals surface area contributed by atoms with Crippen molar-refractivity contribution in [2.24, 2.45) is 16.8 Å². The molecule has 2 nitrogen and oxygen atoms in total. The molecule has 94 valence electrons. The van der Waals surface area contributed by atoms with Gasteiger partial charge in [-0.05, 0) is 25.2 Å². The van der Waals surface area contributed by atoms with E-state index in [2.05, 4.69) is 44.9 Å². The average molecular weight is 242 g/mol. The number of nitrogens with zero attached hydrogens (tertiary/aromatic N) is 1. The van der Waals surface area contributed by atoms with Crippen LogP contribution in [-0.2, 0) is 0 Å². The van der Waals surface area contributed by atoms with E-state index < -0.39 is 0 Å². The molecule has 1 rings (SSSR count). The largest absolute Gasteiger partial charge is 0.362 e. The maximum atomic E-state index is 4.60. The Balaban J connectivity index is 2.30. The second-order valence-electron chi connectivity index (χ2n) is 5.33. The predicted molar refractivity (Wildman–Crippen MR) is 75.2 cm³/mol. The van der Waals surface area contributed by atoms with Crippen LogP contribution >= 0.6 is 11.8 Å². The molecular formula is C13H26N2S. The van der Waals surface area contributed by atoms with Crippen molar-refractivity contribution in [1.82, 2.24) is 5.32 Å². The van der Waals surface area contributed by atoms with Gasteiger partial charge < -0.3 is 5.32 Å². The second-order valence-corrected chi connectivity index (χ2v) is 6.62. The summed E-state index contributed by atoms with van der Waals surface area (Å²) in [5, 5.41) is 5.41. The minimum absolute atomic E-state index is 0.536. The Kier molecular flexibility index (Phi) is 5.67. The van der Waals surface area contributed by atoms with Crippen molar-refractivity contribution in [2.45, 2.75) is 58.8 Å². The van der Waals surface area contributed by atoms with Crippen LogP contribution in [0.2, 0.25) is 0 Å². The molecule has 1 aliphatic heterocycles. The quantitative estimate of drug-likeness (QED) is 0.797. The summed E-state index contributed by atoms with van der Waals surface area (Å²) in [5.41, 5.74) is 0. The zero-order valence-corrected chi connectivity index (χ0v) is 12.1. The maximum Gasteiger partial charge on any atom is 0.157 e. The Labute approximate surface area is 105 Å². The van der Waals surface area contributed by atoms with Crippen LogP contribution in [0.15, 0.2) is 4.99 Å². The zero-order valence-electron chi connectivity index (χ0n) is 11.3. The monoisotopic (exact) mass is 242 g/mol. The van der Waals surface area contributed by atoms with E-state index >= 15 is 0 Å². The van der Waals surface area contributed by atoms with Crippen molar-refractivity contribution in [3.8, 4) is 0 Å². The molecule has 16 heavy (non-hydrogen) atoms. The van der Waals surface area contributed by atoms with Gasteiger partial charge in [-0.15, -0.1) is 0 Å². The van der Waals surface area contributed by atoms with Crippen molar-refractivity contribution in [3.63, 3.8) is 0 Å². The number of rotatable bonds is 5. The molecule has 1 N–H and O–H groups in total. The van der Waals surface area contributed by atoms with Crippen molar-refractivity contribution < 1.29 is 0 Å². The Hall–Kier alpha value is -0.180. The molecule has 0 radical (unpaired) electrons. The Bertz CT molecular complexity index is 238. The fourth-order valence-electron chi connectivity index (χ4n) is 1.84. The first kappa shape index (κ1) is 13.9. The molecule has 0 amide bonds. The van der Waals surface area contributed by atoms with Gasteiger partial charge in [0.2, 0.25) is 0 Å². The van der Waals surface area contributed by atoms with Crippen LogP contribution in [0.1, 0.15) is 47.5 Å². The number of hydrogen-bond donors (Lipinski definition) is 1. The number of thioether (sulfide) groups is 1. The van der Waals surface area contributed by atoms with Crippen molar-refractivity contribution in [2.75, 3.05) is 6.54 Å². The second kappa shape index (κ2) is 6.53. The number of nitrogens with one attached hydrogen (secondary N) is 1. The van der Waals surface area contributed by atoms with Gasteiger partial charge in [0.05, 0.1) is 6.54 Å². The molecule has 0 fully saturated rings. The summed E-state index contributed by atoms with van der Waals surface area (Å²) in [5.74, 6) is 1.49. The van der Waals surface area contributed by atoms with E-state index in [0.717, 1.165) is 12.5 Å². The third kappa shape index (κ3) is 4.36. The van der Waals surface area contributed by atoms with Crippen molar-refractivity contribution >= 4 is 16.9 Å². The summed E-state index contributed by atoms with van der Waals surface area (Å²) in [7, 11) is 0. The van der Waals surface area contributed by atoms with Crippen LogP contribution in [0.25, 0.3) is 0 Å². The molecule has 0 saturated carbocycles. The predicted octanol–water partition coefficient (Wildman–Crippen LogP) is 3.53. The molecule has 0 saturated heterocycles. The van der Waals surface area contributed by atoms with Crippen molar-refractivity contribution in [3.05, 3.63) is 0 Å². The van der Waals surface area contributed by atoms with Gasteiger partial charge in [-0.1, -0.05) is 45.9 Å². The first-order valence-electron chi connectivity index (χ1n) is 6.50. The van der Waals surface area contributed by atoms with E-state index in [1.54, 1.807) is 0 Å². The minimum Gasteiger partial charge on any atom is -0.362 e. The molecule has 0 bridgehead atoms. The van der Waals surface area contributed by atoms with E-state index in [-0.39, 0.29) is 0 Å². The molecule has 0 spiro atoms. The van der Waals surface area contributed by atoms with E-state index in [0.29, 0.717) is 17.2 Å². The highest BCUT2D eigenvalue weighted by Crippen LogP contribution is 2.26. The normalized spacial score (nSPS) is 24.4. The molecule has 3 atom stereocenters. The van der Waals surface area contributed by atoms with Crippen LogP contribution in [0, 0.1) is 11.8 Å². The van der Waals surface area contributed by atoms with E-state index in [9.17, 15) is 0 Å². The maximum absolute atomic E-state index is 4.60. The molecule has 0 aromatic heterocycles. The van der Waals surface area contributed by atoms with Gasteiger partial charge in [0.1, 0.15) is 0 Å². The third-order valence-electron chi connectivity index (χ3n) is 3.30. The van der Waals surface area contributed by atoms with Crippen LogP contribution in [0.3, 0.4) is 0 Å². The van der Waals surface area contributed by atoms with Crippen LogP contribution in [-0.4, -0.2) is 23.0 Å². The minimum atomic E-state index is 0.536. The summed E-state index contributed by atoms with van der Waals surface area (Å²) < 4.78 is 0. The van der Waals surface area contributed by atoms with Crippen LogP contribution < -0.4 is 5.32 Å². The fourth-order valence-corrected chi connectivity index (χ4v) is 3.18. The molecule has 3 unspecified atom stereocenters. The lowest BCUT2D eigenvalue weighted by molar-refractivity contribution is 0.439. The lowest BCUT2D eigenvalue weighted by Gasteiger charge is -2.21. The molecule has 1 aliphatic rings. The molecule has 0 aliphatic carbocycles. The lowest BCUT2D eigenvalue weighted by atomic mass is 10.0. The topological polar surface area (TPSA) is 24.4 Å². The smallest absolute Gasteiger partial charge is 0.157 e. The highest BCUT2D eigenvalue weighted by molar-refractivity contribution is 8.14. The summed E-state index contributed by atoms with van der Waals surface area (Å²) in [6.07, 6.45) is 2.50. The number of aliphatic imine (C=N–C) groups is 1. The number of amidine groups is 1. The first-order chi connectivity index (χ1) is 7.52. The van der Waals surface area contributed by atoms with Gasteiger partial charge in [0, 0.05) is 11.3 Å². The van der Waals surface area contributed by atoms with Gasteiger partial charge in [0.25, 0.3) is 0 Å². The van der Waals surface area contributed by atoms with Gasteiger partial charge >= 0.3 is 0 Å². The van der Waals surface area contributed by atoms with E-state index in [1.165, 1.54) is 18.0 Å². The van der Waals surface area contributed by atoms with Crippen molar-refractivity contribution in [1.29, 1.82) is 0 Å². The van der Waals surface area contributed by atoms with Crippen LogP contribution in [0.5, 0.6) is 0 Å². The summed E-state index contributed by atoms with van der Waals surface area (Å²) >= 11 is 1.93. The Morgan fingerprint density at radius 3 is 2.62 bits per heavy atom. The number of hydrogen-bond acceptors (Lipinski definition) is 3. The molecule has 0 aromatic rings. The lowest BCUT2D eigenvalue weighted by Crippen LogP contribution is -2.35. The van der Waals surface area contributed by atoms with Gasteiger partial charge in [-0.25, -0.2) is 0 Å². The fraction of sp³-hybridized carbons (Fsp3) is 0.923. The van der Waals surface area contributed by atoms with E-state index in [1.807, 2.05) is 11.8 Å². The SMILES string of the molecule is CCC(C)C(C)NC1=NCC(CC(C)C)S1. The van der Waals surface area contributed by atoms with E-state index in [4.69, 9.17) is 0 Å². The summed E-state index contributed by atoms with van der Waals surface area (Å²) in [6.45, 7) is 12.4. The first-order valence-corrected chi connectivity index (χ1v) is 7.38. The third-order valence-corrected chi connectivity index (χ3v) is 4.44. The summed E-state index contributed by atoms with van der Waals surface area (Å²) in [4.78, 5) is 4.60.